The van der Waals surface area contributed by atoms with Gasteiger partial charge in [-0.25, -0.2) is 0 Å². The summed E-state index contributed by atoms with van der Waals surface area (Å²) >= 11 is 1.43. The molecule has 0 saturated heterocycles. The highest BCUT2D eigenvalue weighted by Crippen LogP contribution is 2.31. The van der Waals surface area contributed by atoms with Gasteiger partial charge < -0.3 is 15.7 Å². The van der Waals surface area contributed by atoms with Crippen molar-refractivity contribution in [3.8, 4) is 0 Å². The number of carbonyl (C=O) groups is 3. The monoisotopic (exact) mass is 308 g/mol. The number of fused-ring (bicyclic) bond motifs is 1. The lowest BCUT2D eigenvalue weighted by atomic mass is 10.1. The Bertz CT molecular complexity index is 588. The smallest absolute Gasteiger partial charge is 0.303 e. The predicted octanol–water partition coefficient (Wildman–Crippen LogP) is 1.57. The highest BCUT2D eigenvalue weighted by atomic mass is 32.2. The van der Waals surface area contributed by atoms with Crippen LogP contribution in [-0.4, -0.2) is 35.2 Å². The van der Waals surface area contributed by atoms with Crippen molar-refractivity contribution in [1.82, 2.24) is 5.32 Å². The standard InChI is InChI=1S/C14H16N2O4S/c1-8(4-13(18)19)6-15-14(20)9-2-3-11-10(5-9)16-12(17)7-21-11/h2-3,5,8H,4,6-7H2,1H3,(H,15,20)(H,16,17)(H,18,19)/t8-/m0/s1. The Hall–Kier alpha value is -2.02. The quantitative estimate of drug-likeness (QED) is 0.767. The van der Waals surface area contributed by atoms with E-state index >= 15 is 0 Å². The molecule has 7 heteroatoms. The van der Waals surface area contributed by atoms with Gasteiger partial charge in [-0.15, -0.1) is 11.8 Å². The van der Waals surface area contributed by atoms with E-state index in [2.05, 4.69) is 10.6 Å². The maximum atomic E-state index is 12.0. The van der Waals surface area contributed by atoms with E-state index < -0.39 is 5.97 Å². The van der Waals surface area contributed by atoms with Crippen LogP contribution in [-0.2, 0) is 9.59 Å². The molecule has 0 fully saturated rings. The van der Waals surface area contributed by atoms with E-state index in [9.17, 15) is 14.4 Å². The number of nitrogens with one attached hydrogen (secondary N) is 2. The van der Waals surface area contributed by atoms with Crippen molar-refractivity contribution in [2.45, 2.75) is 18.2 Å². The van der Waals surface area contributed by atoms with Crippen molar-refractivity contribution in [2.24, 2.45) is 5.92 Å². The van der Waals surface area contributed by atoms with E-state index in [1.54, 1.807) is 25.1 Å². The molecule has 0 aliphatic carbocycles. The Morgan fingerprint density at radius 1 is 1.48 bits per heavy atom. The van der Waals surface area contributed by atoms with Crippen LogP contribution in [0.4, 0.5) is 5.69 Å². The van der Waals surface area contributed by atoms with Crippen molar-refractivity contribution >= 4 is 35.2 Å². The van der Waals surface area contributed by atoms with E-state index in [1.807, 2.05) is 0 Å². The Morgan fingerprint density at radius 3 is 2.95 bits per heavy atom. The van der Waals surface area contributed by atoms with E-state index in [-0.39, 0.29) is 24.2 Å². The molecular weight excluding hydrogens is 292 g/mol. The van der Waals surface area contributed by atoms with Gasteiger partial charge in [0, 0.05) is 23.4 Å². The second kappa shape index (κ2) is 6.62. The van der Waals surface area contributed by atoms with Crippen molar-refractivity contribution < 1.29 is 19.5 Å². The van der Waals surface area contributed by atoms with Crippen LogP contribution in [0.2, 0.25) is 0 Å². The lowest BCUT2D eigenvalue weighted by molar-refractivity contribution is -0.137. The van der Waals surface area contributed by atoms with Gasteiger partial charge in [0.1, 0.15) is 0 Å². The Balaban J connectivity index is 1.98. The number of hydrogen-bond donors (Lipinski definition) is 3. The number of carboxylic acid groups (broad SMARTS) is 1. The number of carboxylic acids is 1. The fraction of sp³-hybridized carbons (Fsp3) is 0.357. The van der Waals surface area contributed by atoms with Crippen LogP contribution in [0.3, 0.4) is 0 Å². The molecule has 2 rings (SSSR count). The maximum Gasteiger partial charge on any atom is 0.303 e. The summed E-state index contributed by atoms with van der Waals surface area (Å²) in [5, 5.41) is 14.1. The highest BCUT2D eigenvalue weighted by molar-refractivity contribution is 8.00. The largest absolute Gasteiger partial charge is 0.481 e. The third-order valence-corrected chi connectivity index (χ3v) is 4.08. The second-order valence-corrected chi connectivity index (χ2v) is 5.98. The van der Waals surface area contributed by atoms with Gasteiger partial charge in [-0.1, -0.05) is 6.92 Å². The Labute approximate surface area is 126 Å². The molecule has 1 aromatic rings. The molecule has 1 heterocycles. The number of amides is 2. The molecule has 0 bridgehead atoms. The molecule has 0 radical (unpaired) electrons. The first kappa shape index (κ1) is 15.4. The molecule has 6 nitrogen and oxygen atoms in total. The fourth-order valence-electron chi connectivity index (χ4n) is 1.96. The minimum Gasteiger partial charge on any atom is -0.481 e. The fourth-order valence-corrected chi connectivity index (χ4v) is 2.75. The molecule has 1 aliphatic heterocycles. The van der Waals surface area contributed by atoms with Crippen molar-refractivity contribution in [3.05, 3.63) is 23.8 Å². The minimum absolute atomic E-state index is 0.0111. The molecular formula is C14H16N2O4S. The van der Waals surface area contributed by atoms with Crippen LogP contribution < -0.4 is 10.6 Å². The van der Waals surface area contributed by atoms with Crippen LogP contribution in [0.1, 0.15) is 23.7 Å². The summed E-state index contributed by atoms with van der Waals surface area (Å²) in [6, 6.07) is 5.13. The first-order chi connectivity index (χ1) is 9.95. The van der Waals surface area contributed by atoms with E-state index in [4.69, 9.17) is 5.11 Å². The number of carbonyl (C=O) groups excluding carboxylic acids is 2. The molecule has 3 N–H and O–H groups in total. The Kier molecular flexibility index (Phi) is 4.85. The molecule has 1 aliphatic rings. The summed E-state index contributed by atoms with van der Waals surface area (Å²) in [7, 11) is 0. The zero-order chi connectivity index (χ0) is 15.4. The highest BCUT2D eigenvalue weighted by Gasteiger charge is 2.17. The first-order valence-electron chi connectivity index (χ1n) is 6.52. The lowest BCUT2D eigenvalue weighted by Crippen LogP contribution is -2.29. The van der Waals surface area contributed by atoms with Gasteiger partial charge in [0.05, 0.1) is 11.4 Å². The number of thioether (sulfide) groups is 1. The minimum atomic E-state index is -0.884. The van der Waals surface area contributed by atoms with E-state index in [0.717, 1.165) is 4.90 Å². The van der Waals surface area contributed by atoms with Gasteiger partial charge in [-0.05, 0) is 24.1 Å². The van der Waals surface area contributed by atoms with Gasteiger partial charge in [-0.3, -0.25) is 14.4 Å². The molecule has 0 spiro atoms. The molecule has 0 aromatic heterocycles. The van der Waals surface area contributed by atoms with Gasteiger partial charge in [0.25, 0.3) is 5.91 Å². The first-order valence-corrected chi connectivity index (χ1v) is 7.51. The van der Waals surface area contributed by atoms with Crippen LogP contribution in [0, 0.1) is 5.92 Å². The number of hydrogen-bond acceptors (Lipinski definition) is 4. The second-order valence-electron chi connectivity index (χ2n) is 4.96. The van der Waals surface area contributed by atoms with Crippen molar-refractivity contribution in [2.75, 3.05) is 17.6 Å². The normalized spacial score (nSPS) is 14.8. The molecule has 21 heavy (non-hydrogen) atoms. The third kappa shape index (κ3) is 4.22. The zero-order valence-corrected chi connectivity index (χ0v) is 12.3. The van der Waals surface area contributed by atoms with Crippen LogP contribution in [0.25, 0.3) is 0 Å². The van der Waals surface area contributed by atoms with Crippen LogP contribution >= 0.6 is 11.8 Å². The average molecular weight is 308 g/mol. The SMILES string of the molecule is C[C@H](CNC(=O)c1ccc2c(c1)NC(=O)CS2)CC(=O)O. The van der Waals surface area contributed by atoms with Crippen molar-refractivity contribution in [3.63, 3.8) is 0 Å². The number of rotatable bonds is 5. The van der Waals surface area contributed by atoms with E-state index in [1.165, 1.54) is 11.8 Å². The average Bonchev–Trinajstić information content (AvgIpc) is 2.43. The third-order valence-electron chi connectivity index (χ3n) is 3.01. The summed E-state index contributed by atoms with van der Waals surface area (Å²) in [4.78, 5) is 34.9. The van der Waals surface area contributed by atoms with Gasteiger partial charge >= 0.3 is 5.97 Å². The van der Waals surface area contributed by atoms with Gasteiger partial charge in [0.15, 0.2) is 0 Å². The zero-order valence-electron chi connectivity index (χ0n) is 11.5. The number of benzene rings is 1. The molecule has 1 atom stereocenters. The summed E-state index contributed by atoms with van der Waals surface area (Å²) < 4.78 is 0. The molecule has 0 unspecified atom stereocenters. The summed E-state index contributed by atoms with van der Waals surface area (Å²) in [6.45, 7) is 2.06. The Morgan fingerprint density at radius 2 is 2.24 bits per heavy atom. The predicted molar refractivity (Wildman–Crippen MR) is 79.5 cm³/mol. The summed E-state index contributed by atoms with van der Waals surface area (Å²) in [5.41, 5.74) is 1.08. The number of anilines is 1. The number of aliphatic carboxylic acids is 1. The molecule has 1 aromatic carbocycles. The van der Waals surface area contributed by atoms with Crippen LogP contribution in [0.5, 0.6) is 0 Å². The lowest BCUT2D eigenvalue weighted by Gasteiger charge is -2.17. The van der Waals surface area contributed by atoms with Crippen LogP contribution in [0.15, 0.2) is 23.1 Å². The molecule has 0 saturated carbocycles. The van der Waals surface area contributed by atoms with Gasteiger partial charge in [-0.2, -0.15) is 0 Å². The molecule has 112 valence electrons. The molecule has 2 amide bonds. The van der Waals surface area contributed by atoms with E-state index in [0.29, 0.717) is 23.5 Å². The van der Waals surface area contributed by atoms with Gasteiger partial charge in [0.2, 0.25) is 5.91 Å². The maximum absolute atomic E-state index is 12.0. The topological polar surface area (TPSA) is 95.5 Å². The van der Waals surface area contributed by atoms with Crippen molar-refractivity contribution in [1.29, 1.82) is 0 Å². The summed E-state index contributed by atoms with van der Waals surface area (Å²) in [5.74, 6) is -1.00. The summed E-state index contributed by atoms with van der Waals surface area (Å²) in [6.07, 6.45) is 0.0111.